The second kappa shape index (κ2) is 4.50. The van der Waals surface area contributed by atoms with Crippen LogP contribution < -0.4 is 0 Å². The molecule has 0 atom stereocenters. The van der Waals surface area contributed by atoms with Gasteiger partial charge in [0.15, 0.2) is 0 Å². The zero-order chi connectivity index (χ0) is 12.1. The summed E-state index contributed by atoms with van der Waals surface area (Å²) in [6.45, 7) is 0. The van der Waals surface area contributed by atoms with Gasteiger partial charge in [-0.15, -0.1) is 32.1 Å². The van der Waals surface area contributed by atoms with E-state index < -0.39 is 0 Å². The monoisotopic (exact) mass is 197 g/mol. The highest BCUT2D eigenvalue weighted by molar-refractivity contribution is 5.68. The van der Waals surface area contributed by atoms with Crippen LogP contribution in [0.25, 0.3) is 0 Å². The standard InChI is InChI=1S/C16H5/c1-6-12-11-13(7-2)15(9-4)16(10-5)14(12)8-3/h1-5H. The molecular weight excluding hydrogens is 192 g/mol. The van der Waals surface area contributed by atoms with Gasteiger partial charge in [-0.3, -0.25) is 0 Å². The molecule has 0 saturated carbocycles. The van der Waals surface area contributed by atoms with Crippen molar-refractivity contribution in [2.24, 2.45) is 0 Å². The minimum atomic E-state index is 0.363. The number of terminal acetylenes is 5. The van der Waals surface area contributed by atoms with Crippen LogP contribution in [0.2, 0.25) is 0 Å². The molecule has 0 aliphatic heterocycles. The Morgan fingerprint density at radius 3 is 1.19 bits per heavy atom. The summed E-state index contributed by atoms with van der Waals surface area (Å²) in [7, 11) is 0. The van der Waals surface area contributed by atoms with E-state index in [1.54, 1.807) is 0 Å². The molecule has 0 aliphatic rings. The molecule has 16 heavy (non-hydrogen) atoms. The minimum absolute atomic E-state index is 0.363. The predicted octanol–water partition coefficient (Wildman–Crippen LogP) is 1.39. The van der Waals surface area contributed by atoms with Crippen LogP contribution in [0.15, 0.2) is 0 Å². The lowest BCUT2D eigenvalue weighted by Crippen LogP contribution is -1.98. The van der Waals surface area contributed by atoms with E-state index in [1.807, 2.05) is 0 Å². The summed E-state index contributed by atoms with van der Waals surface area (Å²) in [5.74, 6) is 12.0. The van der Waals surface area contributed by atoms with Crippen molar-refractivity contribution in [2.45, 2.75) is 0 Å². The van der Waals surface area contributed by atoms with Gasteiger partial charge in [-0.25, -0.2) is 0 Å². The topological polar surface area (TPSA) is 0 Å². The molecule has 69 valence electrons. The van der Waals surface area contributed by atoms with Crippen LogP contribution >= 0.6 is 0 Å². The molecule has 0 spiro atoms. The second-order valence-electron chi connectivity index (χ2n) is 2.72. The van der Waals surface area contributed by atoms with E-state index in [9.17, 15) is 0 Å². The summed E-state index contributed by atoms with van der Waals surface area (Å²) in [4.78, 5) is 0. The largest absolute Gasteiger partial charge is 0.115 e. The molecular formula is C16H5. The smallest absolute Gasteiger partial charge is 0.0581 e. The Morgan fingerprint density at radius 1 is 0.562 bits per heavy atom. The molecule has 0 fully saturated rings. The SMILES string of the molecule is C#Cc1[c]c(C#C)c(C#C)c(C#C)c1C#C. The normalized spacial score (nSPS) is 7.69. The summed E-state index contributed by atoms with van der Waals surface area (Å²) in [6, 6.07) is 2.80. The molecule has 0 bridgehead atoms. The molecule has 1 rings (SSSR count). The fraction of sp³-hybridized carbons (Fsp3) is 0. The van der Waals surface area contributed by atoms with Gasteiger partial charge in [-0.2, -0.15) is 0 Å². The van der Waals surface area contributed by atoms with Crippen LogP contribution in [0.4, 0.5) is 0 Å². The van der Waals surface area contributed by atoms with E-state index in [0.29, 0.717) is 27.8 Å². The van der Waals surface area contributed by atoms with Crippen LogP contribution in [0, 0.1) is 67.8 Å². The van der Waals surface area contributed by atoms with Gasteiger partial charge in [0.1, 0.15) is 0 Å². The average Bonchev–Trinajstić information content (AvgIpc) is 2.35. The Balaban J connectivity index is 3.93. The van der Waals surface area contributed by atoms with Crippen molar-refractivity contribution in [3.63, 3.8) is 0 Å². The molecule has 0 unspecified atom stereocenters. The molecule has 0 nitrogen and oxygen atoms in total. The maximum Gasteiger partial charge on any atom is 0.0581 e. The van der Waals surface area contributed by atoms with E-state index in [4.69, 9.17) is 32.1 Å². The lowest BCUT2D eigenvalue weighted by Gasteiger charge is -2.06. The Bertz CT molecular complexity index is 601. The molecule has 0 N–H and O–H groups in total. The molecule has 0 heteroatoms. The third kappa shape index (κ3) is 1.52. The second-order valence-corrected chi connectivity index (χ2v) is 2.72. The summed E-state index contributed by atoms with van der Waals surface area (Å²) in [5, 5.41) is 0. The van der Waals surface area contributed by atoms with Crippen LogP contribution in [-0.4, -0.2) is 0 Å². The molecule has 1 aromatic rings. The zero-order valence-electron chi connectivity index (χ0n) is 8.39. The van der Waals surface area contributed by atoms with Gasteiger partial charge in [0.25, 0.3) is 0 Å². The van der Waals surface area contributed by atoms with Crippen molar-refractivity contribution >= 4 is 0 Å². The molecule has 1 aromatic carbocycles. The highest BCUT2D eigenvalue weighted by atomic mass is 14.1. The number of hydrogen-bond acceptors (Lipinski definition) is 0. The van der Waals surface area contributed by atoms with E-state index >= 15 is 0 Å². The van der Waals surface area contributed by atoms with Gasteiger partial charge >= 0.3 is 0 Å². The lowest BCUT2D eigenvalue weighted by molar-refractivity contribution is 1.47. The van der Waals surface area contributed by atoms with Gasteiger partial charge in [-0.1, -0.05) is 29.6 Å². The van der Waals surface area contributed by atoms with Crippen LogP contribution in [0.1, 0.15) is 27.8 Å². The Labute approximate surface area is 96.1 Å². The maximum absolute atomic E-state index is 5.36. The summed E-state index contributed by atoms with van der Waals surface area (Å²) >= 11 is 0. The van der Waals surface area contributed by atoms with Crippen LogP contribution in [0.3, 0.4) is 0 Å². The van der Waals surface area contributed by atoms with Crippen molar-refractivity contribution in [1.82, 2.24) is 0 Å². The summed E-state index contributed by atoms with van der Waals surface area (Å²) in [5.41, 5.74) is 1.88. The number of benzene rings is 1. The van der Waals surface area contributed by atoms with Crippen LogP contribution in [-0.2, 0) is 0 Å². The molecule has 0 saturated heterocycles. The van der Waals surface area contributed by atoms with E-state index in [1.165, 1.54) is 0 Å². The third-order valence-corrected chi connectivity index (χ3v) is 1.97. The Morgan fingerprint density at radius 2 is 0.938 bits per heavy atom. The molecule has 0 heterocycles. The molecule has 0 aliphatic carbocycles. The van der Waals surface area contributed by atoms with Gasteiger partial charge in [-0.05, 0) is 0 Å². The minimum Gasteiger partial charge on any atom is -0.115 e. The van der Waals surface area contributed by atoms with Crippen molar-refractivity contribution in [3.8, 4) is 61.7 Å². The Kier molecular flexibility index (Phi) is 3.12. The number of rotatable bonds is 0. The van der Waals surface area contributed by atoms with E-state index in [2.05, 4.69) is 35.7 Å². The fourth-order valence-corrected chi connectivity index (χ4v) is 1.27. The zero-order valence-corrected chi connectivity index (χ0v) is 8.39. The lowest BCUT2D eigenvalue weighted by atomic mass is 9.93. The molecule has 0 amide bonds. The van der Waals surface area contributed by atoms with E-state index in [-0.39, 0.29) is 0 Å². The quantitative estimate of drug-likeness (QED) is 0.551. The Hall–Kier alpha value is -2.98. The highest BCUT2D eigenvalue weighted by Gasteiger charge is 2.12. The molecule has 0 aromatic heterocycles. The van der Waals surface area contributed by atoms with Crippen molar-refractivity contribution in [3.05, 3.63) is 33.9 Å². The van der Waals surface area contributed by atoms with Crippen molar-refractivity contribution < 1.29 is 0 Å². The predicted molar refractivity (Wildman–Crippen MR) is 65.0 cm³/mol. The first kappa shape index (κ1) is 11.1. The third-order valence-electron chi connectivity index (χ3n) is 1.97. The van der Waals surface area contributed by atoms with Crippen molar-refractivity contribution in [2.75, 3.05) is 0 Å². The summed E-state index contributed by atoms with van der Waals surface area (Å²) < 4.78 is 0. The van der Waals surface area contributed by atoms with Gasteiger partial charge < -0.3 is 0 Å². The van der Waals surface area contributed by atoms with Gasteiger partial charge in [0.2, 0.25) is 0 Å². The first-order valence-corrected chi connectivity index (χ1v) is 4.19. The van der Waals surface area contributed by atoms with E-state index in [0.717, 1.165) is 0 Å². The molecule has 1 radical (unpaired) electrons. The van der Waals surface area contributed by atoms with Crippen LogP contribution in [0.5, 0.6) is 0 Å². The first-order chi connectivity index (χ1) is 7.73. The average molecular weight is 197 g/mol. The fourth-order valence-electron chi connectivity index (χ4n) is 1.27. The summed E-state index contributed by atoms with van der Waals surface area (Å²) in [6.07, 6.45) is 26.6. The van der Waals surface area contributed by atoms with Gasteiger partial charge in [0.05, 0.1) is 27.8 Å². The van der Waals surface area contributed by atoms with Gasteiger partial charge in [0, 0.05) is 6.07 Å². The van der Waals surface area contributed by atoms with Crippen molar-refractivity contribution in [1.29, 1.82) is 0 Å². The first-order valence-electron chi connectivity index (χ1n) is 4.19. The number of hydrogen-bond donors (Lipinski definition) is 0. The maximum atomic E-state index is 5.36. The highest BCUT2D eigenvalue weighted by Crippen LogP contribution is 2.20.